The fourth-order valence-electron chi connectivity index (χ4n) is 3.69. The second kappa shape index (κ2) is 9.71. The van der Waals surface area contributed by atoms with Crippen LogP contribution < -0.4 is 5.32 Å². The first-order valence-electron chi connectivity index (χ1n) is 10.7. The van der Waals surface area contributed by atoms with Crippen LogP contribution in [-0.2, 0) is 4.79 Å². The van der Waals surface area contributed by atoms with Crippen molar-refractivity contribution in [3.63, 3.8) is 0 Å². The highest BCUT2D eigenvalue weighted by molar-refractivity contribution is 5.92. The predicted octanol–water partition coefficient (Wildman–Crippen LogP) is 4.28. The van der Waals surface area contributed by atoms with E-state index in [1.807, 2.05) is 27.0 Å². The van der Waals surface area contributed by atoms with Crippen LogP contribution >= 0.6 is 0 Å². The molecule has 7 heteroatoms. The normalized spacial score (nSPS) is 11.1. The lowest BCUT2D eigenvalue weighted by Crippen LogP contribution is -2.26. The summed E-state index contributed by atoms with van der Waals surface area (Å²) in [4.78, 5) is 19.5. The van der Waals surface area contributed by atoms with E-state index in [4.69, 9.17) is 4.98 Å². The molecule has 31 heavy (non-hydrogen) atoms. The van der Waals surface area contributed by atoms with Gasteiger partial charge < -0.3 is 10.2 Å². The van der Waals surface area contributed by atoms with Crippen molar-refractivity contribution in [3.8, 4) is 11.9 Å². The molecule has 0 radical (unpaired) electrons. The van der Waals surface area contributed by atoms with Gasteiger partial charge in [-0.05, 0) is 64.0 Å². The van der Waals surface area contributed by atoms with E-state index >= 15 is 0 Å². The fourth-order valence-corrected chi connectivity index (χ4v) is 3.69. The minimum absolute atomic E-state index is 0.147. The molecule has 0 aliphatic heterocycles. The lowest BCUT2D eigenvalue weighted by Gasteiger charge is -2.16. The zero-order chi connectivity index (χ0) is 22.5. The van der Waals surface area contributed by atoms with Gasteiger partial charge in [0.1, 0.15) is 11.6 Å². The molecule has 0 fully saturated rings. The third-order valence-corrected chi connectivity index (χ3v) is 5.42. The molecule has 0 bridgehead atoms. The minimum atomic E-state index is -0.147. The number of rotatable bonds is 8. The van der Waals surface area contributed by atoms with Crippen LogP contribution in [0.1, 0.15) is 48.4 Å². The number of fused-ring (bicyclic) bond motifs is 1. The summed E-state index contributed by atoms with van der Waals surface area (Å²) in [6.07, 6.45) is 4.04. The Balaban J connectivity index is 1.90. The van der Waals surface area contributed by atoms with Gasteiger partial charge in [-0.25, -0.2) is 4.98 Å². The Kier molecular flexibility index (Phi) is 7.03. The maximum Gasteiger partial charge on any atom is 0.226 e. The molecule has 0 aliphatic rings. The van der Waals surface area contributed by atoms with Crippen molar-refractivity contribution in [2.75, 3.05) is 25.5 Å². The molecule has 0 aliphatic carbocycles. The monoisotopic (exact) mass is 418 g/mol. The number of aromatic nitrogens is 3. The van der Waals surface area contributed by atoms with Crippen LogP contribution in [0.4, 0.5) is 5.82 Å². The Bertz CT molecular complexity index is 1140. The van der Waals surface area contributed by atoms with Crippen LogP contribution in [0.2, 0.25) is 0 Å². The zero-order valence-electron chi connectivity index (χ0n) is 19.0. The molecule has 3 rings (SSSR count). The summed E-state index contributed by atoms with van der Waals surface area (Å²) in [5.74, 6) is 0.791. The standard InChI is InChI=1S/C24H30N6O/c1-6-7-9-29(5)10-8-22(31)28-24-19(14-25)15-26-30(24)21-13-17(3)20-12-16(2)11-18(4)23(20)27-21/h11-13,15H,6-10H2,1-5H3,(H,28,31). The Morgan fingerprint density at radius 1 is 1.19 bits per heavy atom. The molecular formula is C24H30N6O. The van der Waals surface area contributed by atoms with Gasteiger partial charge in [0.2, 0.25) is 5.91 Å². The van der Waals surface area contributed by atoms with Gasteiger partial charge in [0.05, 0.1) is 11.7 Å². The molecule has 0 atom stereocenters. The number of nitrogens with zero attached hydrogens (tertiary/aromatic N) is 5. The number of unbranched alkanes of at least 4 members (excludes halogenated alkanes) is 1. The average Bonchev–Trinajstić information content (AvgIpc) is 3.13. The lowest BCUT2D eigenvalue weighted by molar-refractivity contribution is -0.116. The number of anilines is 1. The SMILES string of the molecule is CCCCN(C)CCC(=O)Nc1c(C#N)cnn1-c1cc(C)c2cc(C)cc(C)c2n1. The van der Waals surface area contributed by atoms with Gasteiger partial charge >= 0.3 is 0 Å². The van der Waals surface area contributed by atoms with E-state index in [1.54, 1.807) is 4.68 Å². The highest BCUT2D eigenvalue weighted by atomic mass is 16.1. The van der Waals surface area contributed by atoms with E-state index in [2.05, 4.69) is 47.4 Å². The summed E-state index contributed by atoms with van der Waals surface area (Å²) < 4.78 is 1.54. The molecule has 0 saturated carbocycles. The van der Waals surface area contributed by atoms with Crippen molar-refractivity contribution in [2.45, 2.75) is 47.0 Å². The number of carbonyl (C=O) groups excluding carboxylic acids is 1. The number of carbonyl (C=O) groups is 1. The molecule has 2 heterocycles. The third kappa shape index (κ3) is 5.09. The van der Waals surface area contributed by atoms with Gasteiger partial charge in [0, 0.05) is 18.4 Å². The highest BCUT2D eigenvalue weighted by Crippen LogP contribution is 2.26. The topological polar surface area (TPSA) is 86.8 Å². The van der Waals surface area contributed by atoms with E-state index in [1.165, 1.54) is 11.8 Å². The zero-order valence-corrected chi connectivity index (χ0v) is 19.0. The number of pyridine rings is 1. The van der Waals surface area contributed by atoms with Gasteiger partial charge in [-0.15, -0.1) is 0 Å². The maximum atomic E-state index is 12.6. The number of aryl methyl sites for hydroxylation is 3. The van der Waals surface area contributed by atoms with Crippen LogP contribution in [-0.4, -0.2) is 45.7 Å². The minimum Gasteiger partial charge on any atom is -0.309 e. The molecule has 0 unspecified atom stereocenters. The molecule has 2 aromatic heterocycles. The number of amides is 1. The lowest BCUT2D eigenvalue weighted by atomic mass is 10.0. The van der Waals surface area contributed by atoms with Crippen LogP contribution in [0, 0.1) is 32.1 Å². The van der Waals surface area contributed by atoms with Gasteiger partial charge in [0.25, 0.3) is 0 Å². The van der Waals surface area contributed by atoms with Crippen LogP contribution in [0.3, 0.4) is 0 Å². The number of benzene rings is 1. The Morgan fingerprint density at radius 2 is 1.97 bits per heavy atom. The van der Waals surface area contributed by atoms with Crippen molar-refractivity contribution < 1.29 is 4.79 Å². The van der Waals surface area contributed by atoms with Crippen molar-refractivity contribution in [1.82, 2.24) is 19.7 Å². The first-order valence-corrected chi connectivity index (χ1v) is 10.7. The van der Waals surface area contributed by atoms with E-state index in [-0.39, 0.29) is 5.91 Å². The number of nitrogens with one attached hydrogen (secondary N) is 1. The molecule has 1 N–H and O–H groups in total. The van der Waals surface area contributed by atoms with E-state index < -0.39 is 0 Å². The van der Waals surface area contributed by atoms with E-state index in [0.29, 0.717) is 30.2 Å². The number of hydrogen-bond donors (Lipinski definition) is 1. The van der Waals surface area contributed by atoms with Crippen LogP contribution in [0.15, 0.2) is 24.4 Å². The smallest absolute Gasteiger partial charge is 0.226 e. The molecule has 162 valence electrons. The van der Waals surface area contributed by atoms with E-state index in [9.17, 15) is 10.1 Å². The second-order valence-electron chi connectivity index (χ2n) is 8.16. The van der Waals surface area contributed by atoms with Gasteiger partial charge in [0.15, 0.2) is 11.6 Å². The Morgan fingerprint density at radius 3 is 2.68 bits per heavy atom. The van der Waals surface area contributed by atoms with Crippen molar-refractivity contribution in [1.29, 1.82) is 5.26 Å². The summed E-state index contributed by atoms with van der Waals surface area (Å²) >= 11 is 0. The van der Waals surface area contributed by atoms with Crippen molar-refractivity contribution in [3.05, 3.63) is 46.6 Å². The van der Waals surface area contributed by atoms with Gasteiger partial charge in [-0.1, -0.05) is 25.0 Å². The molecule has 1 aromatic carbocycles. The van der Waals surface area contributed by atoms with Crippen LogP contribution in [0.5, 0.6) is 0 Å². The second-order valence-corrected chi connectivity index (χ2v) is 8.16. The van der Waals surface area contributed by atoms with E-state index in [0.717, 1.165) is 41.4 Å². The van der Waals surface area contributed by atoms with Gasteiger partial charge in [-0.2, -0.15) is 15.0 Å². The average molecular weight is 419 g/mol. The number of nitriles is 1. The maximum absolute atomic E-state index is 12.6. The summed E-state index contributed by atoms with van der Waals surface area (Å²) in [6, 6.07) is 8.27. The number of hydrogen-bond acceptors (Lipinski definition) is 5. The molecular weight excluding hydrogens is 388 g/mol. The largest absolute Gasteiger partial charge is 0.309 e. The first-order chi connectivity index (χ1) is 14.8. The van der Waals surface area contributed by atoms with Gasteiger partial charge in [-0.3, -0.25) is 4.79 Å². The molecule has 0 saturated heterocycles. The molecule has 0 spiro atoms. The fraction of sp³-hybridized carbons (Fsp3) is 0.417. The predicted molar refractivity (Wildman–Crippen MR) is 123 cm³/mol. The molecule has 7 nitrogen and oxygen atoms in total. The first kappa shape index (κ1) is 22.4. The summed E-state index contributed by atoms with van der Waals surface area (Å²) in [5.41, 5.74) is 4.53. The third-order valence-electron chi connectivity index (χ3n) is 5.42. The van der Waals surface area contributed by atoms with Crippen molar-refractivity contribution in [2.24, 2.45) is 0 Å². The quantitative estimate of drug-likeness (QED) is 0.590. The highest BCUT2D eigenvalue weighted by Gasteiger charge is 2.17. The summed E-state index contributed by atoms with van der Waals surface area (Å²) in [6.45, 7) is 9.91. The Labute approximate surface area is 183 Å². The van der Waals surface area contributed by atoms with Crippen molar-refractivity contribution >= 4 is 22.6 Å². The molecule has 1 amide bonds. The Hall–Kier alpha value is -3.24. The summed E-state index contributed by atoms with van der Waals surface area (Å²) in [7, 11) is 2.01. The van der Waals surface area contributed by atoms with Crippen LogP contribution in [0.25, 0.3) is 16.7 Å². The molecule has 3 aromatic rings. The summed E-state index contributed by atoms with van der Waals surface area (Å²) in [5, 5.41) is 17.8.